The van der Waals surface area contributed by atoms with Gasteiger partial charge in [0.05, 0.1) is 25.9 Å². The van der Waals surface area contributed by atoms with Gasteiger partial charge in [0.1, 0.15) is 5.41 Å². The second-order valence-corrected chi connectivity index (χ2v) is 7.24. The Kier molecular flexibility index (Phi) is 7.77. The Hall–Kier alpha value is -1.72. The Morgan fingerprint density at radius 2 is 1.68 bits per heavy atom. The van der Waals surface area contributed by atoms with Crippen molar-refractivity contribution in [2.75, 3.05) is 7.11 Å². The molecule has 0 saturated heterocycles. The molecule has 1 aromatic carbocycles. The number of aliphatic hydroxyl groups is 1. The summed E-state index contributed by atoms with van der Waals surface area (Å²) in [7, 11) is 1.25. The van der Waals surface area contributed by atoms with Crippen molar-refractivity contribution < 1.29 is 24.2 Å². The second-order valence-electron chi connectivity index (χ2n) is 7.24. The van der Waals surface area contributed by atoms with Gasteiger partial charge in [0.25, 0.3) is 0 Å². The lowest BCUT2D eigenvalue weighted by Gasteiger charge is -2.34. The van der Waals surface area contributed by atoms with Gasteiger partial charge in [-0.1, -0.05) is 44.2 Å². The molecule has 0 heterocycles. The molecule has 0 bridgehead atoms. The van der Waals surface area contributed by atoms with Crippen LogP contribution in [0, 0.1) is 17.3 Å². The van der Waals surface area contributed by atoms with Crippen molar-refractivity contribution in [1.29, 1.82) is 0 Å². The van der Waals surface area contributed by atoms with Crippen LogP contribution in [0.1, 0.15) is 40.2 Å². The Bertz CT molecular complexity index is 565. The minimum Gasteiger partial charge on any atom is -0.468 e. The van der Waals surface area contributed by atoms with Crippen molar-refractivity contribution in [3.8, 4) is 0 Å². The van der Waals surface area contributed by atoms with Crippen LogP contribution in [-0.2, 0) is 25.7 Å². The number of carbonyl (C=O) groups excluding carboxylic acids is 2. The Morgan fingerprint density at radius 1 is 1.12 bits per heavy atom. The number of Topliss-reactive ketones (excluding diaryl/α,β-unsaturated/α-hetero) is 1. The highest BCUT2D eigenvalue weighted by Crippen LogP contribution is 2.31. The largest absolute Gasteiger partial charge is 0.468 e. The molecule has 0 amide bonds. The van der Waals surface area contributed by atoms with Crippen LogP contribution < -0.4 is 0 Å². The third-order valence-electron chi connectivity index (χ3n) is 4.54. The first-order chi connectivity index (χ1) is 11.6. The quantitative estimate of drug-likeness (QED) is 0.547. The van der Waals surface area contributed by atoms with Crippen LogP contribution in [0.2, 0.25) is 0 Å². The Labute approximate surface area is 150 Å². The van der Waals surface area contributed by atoms with Crippen LogP contribution in [0.4, 0.5) is 0 Å². The highest BCUT2D eigenvalue weighted by atomic mass is 16.5. The third-order valence-corrected chi connectivity index (χ3v) is 4.54. The first kappa shape index (κ1) is 21.3. The summed E-state index contributed by atoms with van der Waals surface area (Å²) in [6, 6.07) is 9.62. The molecule has 0 spiro atoms. The van der Waals surface area contributed by atoms with E-state index in [1.165, 1.54) is 21.0 Å². The fourth-order valence-electron chi connectivity index (χ4n) is 2.82. The molecule has 0 saturated carbocycles. The van der Waals surface area contributed by atoms with Crippen molar-refractivity contribution in [1.82, 2.24) is 0 Å². The maximum Gasteiger partial charge on any atom is 0.318 e. The van der Waals surface area contributed by atoms with Gasteiger partial charge in [-0.2, -0.15) is 0 Å². The summed E-state index contributed by atoms with van der Waals surface area (Å²) < 4.78 is 10.5. The summed E-state index contributed by atoms with van der Waals surface area (Å²) in [6.45, 7) is 8.84. The number of rotatable bonds is 9. The first-order valence-corrected chi connectivity index (χ1v) is 8.59. The van der Waals surface area contributed by atoms with Crippen molar-refractivity contribution in [2.24, 2.45) is 17.3 Å². The predicted molar refractivity (Wildman–Crippen MR) is 95.8 cm³/mol. The molecule has 5 nitrogen and oxygen atoms in total. The average molecular weight is 350 g/mol. The second kappa shape index (κ2) is 9.11. The zero-order valence-electron chi connectivity index (χ0n) is 16.0. The van der Waals surface area contributed by atoms with Crippen molar-refractivity contribution in [3.05, 3.63) is 35.9 Å². The van der Waals surface area contributed by atoms with Gasteiger partial charge < -0.3 is 14.6 Å². The number of esters is 1. The molecule has 0 aliphatic heterocycles. The first-order valence-electron chi connectivity index (χ1n) is 8.59. The number of ether oxygens (including phenoxy) is 2. The lowest BCUT2D eigenvalue weighted by molar-refractivity contribution is -0.161. The zero-order chi connectivity index (χ0) is 19.2. The molecular formula is C20H30O5. The predicted octanol–water partition coefficient (Wildman–Crippen LogP) is 2.99. The highest BCUT2D eigenvalue weighted by Gasteiger charge is 2.45. The van der Waals surface area contributed by atoms with E-state index in [0.29, 0.717) is 6.61 Å². The van der Waals surface area contributed by atoms with Gasteiger partial charge in [-0.15, -0.1) is 0 Å². The molecule has 0 unspecified atom stereocenters. The molecule has 0 radical (unpaired) electrons. The van der Waals surface area contributed by atoms with E-state index in [-0.39, 0.29) is 11.7 Å². The fraction of sp³-hybridized carbons (Fsp3) is 0.600. The fourth-order valence-corrected chi connectivity index (χ4v) is 2.82. The Morgan fingerprint density at radius 3 is 2.16 bits per heavy atom. The minimum atomic E-state index is -1.32. The third kappa shape index (κ3) is 5.38. The molecule has 140 valence electrons. The molecule has 25 heavy (non-hydrogen) atoms. The van der Waals surface area contributed by atoms with Crippen LogP contribution in [-0.4, -0.2) is 36.2 Å². The maximum absolute atomic E-state index is 12.9. The molecule has 0 aromatic heterocycles. The summed E-state index contributed by atoms with van der Waals surface area (Å²) in [4.78, 5) is 24.9. The number of aliphatic hydroxyl groups excluding tert-OH is 1. The number of hydrogen-bond acceptors (Lipinski definition) is 5. The maximum atomic E-state index is 12.9. The van der Waals surface area contributed by atoms with E-state index in [4.69, 9.17) is 9.47 Å². The number of methoxy groups -OCH3 is 1. The molecule has 1 aromatic rings. The van der Waals surface area contributed by atoms with Crippen LogP contribution in [0.3, 0.4) is 0 Å². The normalized spacial score (nSPS) is 15.5. The molecule has 5 heteroatoms. The number of carbonyl (C=O) groups is 2. The zero-order valence-corrected chi connectivity index (χ0v) is 16.0. The van der Waals surface area contributed by atoms with Crippen molar-refractivity contribution in [2.45, 2.75) is 53.4 Å². The van der Waals surface area contributed by atoms with Gasteiger partial charge >= 0.3 is 5.97 Å². The summed E-state index contributed by atoms with van der Waals surface area (Å²) in [6.07, 6.45) is -1.56. The Balaban J connectivity index is 2.86. The summed E-state index contributed by atoms with van der Waals surface area (Å²) in [5, 5.41) is 10.7. The molecule has 1 rings (SSSR count). The van der Waals surface area contributed by atoms with Crippen LogP contribution in [0.25, 0.3) is 0 Å². The molecule has 0 fully saturated rings. The summed E-state index contributed by atoms with van der Waals surface area (Å²) in [5.41, 5.74) is -0.326. The van der Waals surface area contributed by atoms with Crippen LogP contribution in [0.5, 0.6) is 0 Å². The topological polar surface area (TPSA) is 72.8 Å². The molecular weight excluding hydrogens is 320 g/mol. The molecule has 1 N–H and O–H groups in total. The minimum absolute atomic E-state index is 0.144. The van der Waals surface area contributed by atoms with Gasteiger partial charge in [-0.3, -0.25) is 9.59 Å². The van der Waals surface area contributed by atoms with E-state index in [0.717, 1.165) is 5.56 Å². The van der Waals surface area contributed by atoms with E-state index in [1.54, 1.807) is 6.92 Å². The lowest BCUT2D eigenvalue weighted by Crippen LogP contribution is -2.48. The highest BCUT2D eigenvalue weighted by molar-refractivity contribution is 6.04. The van der Waals surface area contributed by atoms with Gasteiger partial charge in [-0.25, -0.2) is 0 Å². The monoisotopic (exact) mass is 350 g/mol. The van der Waals surface area contributed by atoms with E-state index < -0.39 is 29.5 Å². The van der Waals surface area contributed by atoms with Gasteiger partial charge in [0, 0.05) is 5.92 Å². The van der Waals surface area contributed by atoms with Gasteiger partial charge in [0.2, 0.25) is 0 Å². The summed E-state index contributed by atoms with van der Waals surface area (Å²) >= 11 is 0. The van der Waals surface area contributed by atoms with Crippen molar-refractivity contribution in [3.63, 3.8) is 0 Å². The van der Waals surface area contributed by atoms with Crippen molar-refractivity contribution >= 4 is 11.8 Å². The molecule has 3 atom stereocenters. The van der Waals surface area contributed by atoms with Crippen LogP contribution in [0.15, 0.2) is 30.3 Å². The van der Waals surface area contributed by atoms with Crippen LogP contribution >= 0.6 is 0 Å². The van der Waals surface area contributed by atoms with Gasteiger partial charge in [-0.05, 0) is 32.3 Å². The molecule has 0 aliphatic carbocycles. The van der Waals surface area contributed by atoms with E-state index in [2.05, 4.69) is 0 Å². The number of benzene rings is 1. The van der Waals surface area contributed by atoms with Gasteiger partial charge in [0.15, 0.2) is 5.78 Å². The smallest absolute Gasteiger partial charge is 0.318 e. The lowest BCUT2D eigenvalue weighted by atomic mass is 9.73. The number of ketones is 1. The average Bonchev–Trinajstić information content (AvgIpc) is 2.59. The van der Waals surface area contributed by atoms with E-state index in [1.807, 2.05) is 44.2 Å². The summed E-state index contributed by atoms with van der Waals surface area (Å²) in [5.74, 6) is -1.81. The van der Waals surface area contributed by atoms with E-state index in [9.17, 15) is 14.7 Å². The standard InChI is InChI=1S/C20H30O5/c1-13(2)16(18(22)20(4,5)19(23)24-6)17(21)14(3)25-12-15-10-8-7-9-11-15/h7-11,13-14,16-17,21H,12H2,1-6H3/t14-,16+,17-/m0/s1. The SMILES string of the molecule is COC(=O)C(C)(C)C(=O)[C@H](C(C)C)[C@@H](O)[C@H](C)OCc1ccccc1. The van der Waals surface area contributed by atoms with E-state index >= 15 is 0 Å². The molecule has 0 aliphatic rings. The number of hydrogen-bond donors (Lipinski definition) is 1.